The first-order valence-electron chi connectivity index (χ1n) is 7.43. The summed E-state index contributed by atoms with van der Waals surface area (Å²) in [6.07, 6.45) is 0.171. The van der Waals surface area contributed by atoms with Gasteiger partial charge in [0.2, 0.25) is 5.91 Å². The van der Waals surface area contributed by atoms with Crippen molar-refractivity contribution in [3.8, 4) is 10.7 Å². The summed E-state index contributed by atoms with van der Waals surface area (Å²) in [6, 6.07) is 6.99. The predicted molar refractivity (Wildman–Crippen MR) is 93.5 cm³/mol. The number of nitrogens with zero attached hydrogens (tertiary/aromatic N) is 2. The summed E-state index contributed by atoms with van der Waals surface area (Å²) in [4.78, 5) is 13.0. The lowest BCUT2D eigenvalue weighted by Gasteiger charge is -2.08. The summed E-state index contributed by atoms with van der Waals surface area (Å²) in [5.41, 5.74) is 0.366. The second-order valence-corrected chi connectivity index (χ2v) is 6.62. The number of rotatable bonds is 6. The number of hydrogen-bond acceptors (Lipinski definition) is 4. The Morgan fingerprint density at radius 2 is 2.08 bits per heavy atom. The van der Waals surface area contributed by atoms with Crippen molar-refractivity contribution in [2.75, 3.05) is 0 Å². The van der Waals surface area contributed by atoms with Crippen molar-refractivity contribution in [1.82, 2.24) is 20.1 Å². The van der Waals surface area contributed by atoms with Crippen molar-refractivity contribution in [3.63, 3.8) is 0 Å². The number of carbonyl (C=O) groups is 1. The molecule has 2 aromatic heterocycles. The normalized spacial score (nSPS) is 10.8. The van der Waals surface area contributed by atoms with Crippen LogP contribution in [0.2, 0.25) is 0 Å². The highest BCUT2D eigenvalue weighted by molar-refractivity contribution is 7.71. The summed E-state index contributed by atoms with van der Waals surface area (Å²) in [6.45, 7) is 0.411. The number of hydrogen-bond donors (Lipinski definition) is 2. The van der Waals surface area contributed by atoms with Gasteiger partial charge in [-0.1, -0.05) is 6.07 Å². The van der Waals surface area contributed by atoms with Crippen LogP contribution in [0.5, 0.6) is 0 Å². The highest BCUT2D eigenvalue weighted by Crippen LogP contribution is 2.22. The Kier molecular flexibility index (Phi) is 5.34. The molecule has 5 nitrogen and oxygen atoms in total. The third-order valence-electron chi connectivity index (χ3n) is 3.47. The molecule has 0 unspecified atom stereocenters. The van der Waals surface area contributed by atoms with E-state index in [4.69, 9.17) is 12.2 Å². The molecule has 25 heavy (non-hydrogen) atoms. The lowest BCUT2D eigenvalue weighted by molar-refractivity contribution is -0.121. The third-order valence-corrected chi connectivity index (χ3v) is 4.65. The third kappa shape index (κ3) is 4.37. The molecule has 1 aromatic carbocycles. The quantitative estimate of drug-likeness (QED) is 0.642. The van der Waals surface area contributed by atoms with Crippen LogP contribution < -0.4 is 5.32 Å². The van der Waals surface area contributed by atoms with E-state index in [9.17, 15) is 13.6 Å². The molecule has 1 amide bonds. The first-order valence-corrected chi connectivity index (χ1v) is 8.72. The molecule has 0 saturated carbocycles. The number of H-pyrrole nitrogens is 1. The van der Waals surface area contributed by atoms with Gasteiger partial charge in [-0.15, -0.1) is 11.3 Å². The standard InChI is InChI=1S/C16H14F2N4OS2/c17-11-6-10(7-12(18)8-11)9-19-14(23)3-4-22-15(20-21-16(22)24)13-2-1-5-25-13/h1-2,5-8H,3-4,9H2,(H,19,23)(H,21,24). The van der Waals surface area contributed by atoms with Crippen molar-refractivity contribution in [2.45, 2.75) is 19.5 Å². The zero-order valence-electron chi connectivity index (χ0n) is 13.0. The van der Waals surface area contributed by atoms with Crippen LogP contribution in [0.25, 0.3) is 10.7 Å². The Bertz CT molecular complexity index is 914. The molecular weight excluding hydrogens is 366 g/mol. The molecule has 0 aliphatic heterocycles. The van der Waals surface area contributed by atoms with Gasteiger partial charge in [0, 0.05) is 25.6 Å². The molecule has 0 aliphatic rings. The van der Waals surface area contributed by atoms with E-state index in [1.807, 2.05) is 17.5 Å². The van der Waals surface area contributed by atoms with Crippen molar-refractivity contribution in [1.29, 1.82) is 0 Å². The van der Waals surface area contributed by atoms with Gasteiger partial charge in [-0.05, 0) is 41.4 Å². The Labute approximate surface area is 151 Å². The van der Waals surface area contributed by atoms with Crippen LogP contribution in [0.1, 0.15) is 12.0 Å². The minimum Gasteiger partial charge on any atom is -0.352 e. The van der Waals surface area contributed by atoms with Crippen LogP contribution in [0.4, 0.5) is 8.78 Å². The highest BCUT2D eigenvalue weighted by atomic mass is 32.1. The summed E-state index contributed by atoms with van der Waals surface area (Å²) >= 11 is 6.73. The molecule has 0 saturated heterocycles. The summed E-state index contributed by atoms with van der Waals surface area (Å²) in [7, 11) is 0. The second kappa shape index (κ2) is 7.66. The number of aromatic nitrogens is 3. The number of carbonyl (C=O) groups excluding carboxylic acids is 1. The Balaban J connectivity index is 1.60. The SMILES string of the molecule is O=C(CCn1c(-c2cccs2)n[nH]c1=S)NCc1cc(F)cc(F)c1. The number of halogens is 2. The molecule has 2 heterocycles. The minimum atomic E-state index is -0.672. The topological polar surface area (TPSA) is 62.7 Å². The summed E-state index contributed by atoms with van der Waals surface area (Å²) in [5.74, 6) is -0.908. The molecule has 0 aliphatic carbocycles. The number of nitrogens with one attached hydrogen (secondary N) is 2. The maximum Gasteiger partial charge on any atom is 0.222 e. The molecule has 0 atom stereocenters. The monoisotopic (exact) mass is 380 g/mol. The van der Waals surface area contributed by atoms with Gasteiger partial charge in [-0.2, -0.15) is 5.10 Å². The second-order valence-electron chi connectivity index (χ2n) is 5.29. The summed E-state index contributed by atoms with van der Waals surface area (Å²) in [5, 5.41) is 11.5. The number of benzene rings is 1. The average Bonchev–Trinajstić information content (AvgIpc) is 3.19. The van der Waals surface area contributed by atoms with Crippen LogP contribution in [-0.2, 0) is 17.9 Å². The molecule has 2 N–H and O–H groups in total. The van der Waals surface area contributed by atoms with Crippen LogP contribution in [0.3, 0.4) is 0 Å². The van der Waals surface area contributed by atoms with Gasteiger partial charge in [0.1, 0.15) is 11.6 Å². The molecule has 9 heteroatoms. The van der Waals surface area contributed by atoms with Gasteiger partial charge in [0.25, 0.3) is 0 Å². The molecule has 0 bridgehead atoms. The fraction of sp³-hybridized carbons (Fsp3) is 0.188. The predicted octanol–water partition coefficient (Wildman–Crippen LogP) is 3.65. The maximum absolute atomic E-state index is 13.1. The lowest BCUT2D eigenvalue weighted by atomic mass is 10.2. The van der Waals surface area contributed by atoms with E-state index in [-0.39, 0.29) is 18.9 Å². The lowest BCUT2D eigenvalue weighted by Crippen LogP contribution is -2.24. The Hall–Kier alpha value is -2.39. The first kappa shape index (κ1) is 17.4. The van der Waals surface area contributed by atoms with Gasteiger partial charge >= 0.3 is 0 Å². The minimum absolute atomic E-state index is 0.0576. The molecule has 0 radical (unpaired) electrons. The Morgan fingerprint density at radius 3 is 2.76 bits per heavy atom. The number of aromatic amines is 1. The van der Waals surface area contributed by atoms with E-state index in [0.717, 1.165) is 10.9 Å². The maximum atomic E-state index is 13.1. The number of thiophene rings is 1. The van der Waals surface area contributed by atoms with Crippen LogP contribution in [0.15, 0.2) is 35.7 Å². The van der Waals surface area contributed by atoms with Crippen LogP contribution in [-0.4, -0.2) is 20.7 Å². The molecular formula is C16H14F2N4OS2. The highest BCUT2D eigenvalue weighted by Gasteiger charge is 2.11. The van der Waals surface area contributed by atoms with Gasteiger partial charge in [-0.3, -0.25) is 14.5 Å². The van der Waals surface area contributed by atoms with E-state index >= 15 is 0 Å². The zero-order valence-corrected chi connectivity index (χ0v) is 14.6. The number of amides is 1. The van der Waals surface area contributed by atoms with Gasteiger partial charge in [0.05, 0.1) is 4.88 Å². The van der Waals surface area contributed by atoms with E-state index in [2.05, 4.69) is 15.5 Å². The van der Waals surface area contributed by atoms with Crippen LogP contribution in [0, 0.1) is 16.4 Å². The van der Waals surface area contributed by atoms with Crippen molar-refractivity contribution >= 4 is 29.5 Å². The fourth-order valence-corrected chi connectivity index (χ4v) is 3.28. The van der Waals surface area contributed by atoms with Crippen molar-refractivity contribution in [2.24, 2.45) is 0 Å². The van der Waals surface area contributed by atoms with E-state index in [0.29, 0.717) is 22.7 Å². The molecule has 3 aromatic rings. The largest absolute Gasteiger partial charge is 0.352 e. The van der Waals surface area contributed by atoms with E-state index in [1.165, 1.54) is 23.5 Å². The van der Waals surface area contributed by atoms with E-state index < -0.39 is 11.6 Å². The van der Waals surface area contributed by atoms with Gasteiger partial charge in [-0.25, -0.2) is 8.78 Å². The zero-order chi connectivity index (χ0) is 17.8. The first-order chi connectivity index (χ1) is 12.0. The van der Waals surface area contributed by atoms with Gasteiger partial charge in [0.15, 0.2) is 10.6 Å². The molecule has 0 fully saturated rings. The van der Waals surface area contributed by atoms with Crippen molar-refractivity contribution < 1.29 is 13.6 Å². The average molecular weight is 380 g/mol. The smallest absolute Gasteiger partial charge is 0.222 e. The Morgan fingerprint density at radius 1 is 1.32 bits per heavy atom. The van der Waals surface area contributed by atoms with Gasteiger partial charge < -0.3 is 5.32 Å². The fourth-order valence-electron chi connectivity index (χ4n) is 2.33. The molecule has 130 valence electrons. The van der Waals surface area contributed by atoms with Crippen molar-refractivity contribution in [3.05, 3.63) is 57.7 Å². The molecule has 0 spiro atoms. The molecule has 3 rings (SSSR count). The van der Waals surface area contributed by atoms with E-state index in [1.54, 1.807) is 4.57 Å². The van der Waals surface area contributed by atoms with Crippen LogP contribution >= 0.6 is 23.6 Å². The summed E-state index contributed by atoms with van der Waals surface area (Å²) < 4.78 is 28.5.